The molecule has 17 heavy (non-hydrogen) atoms. The summed E-state index contributed by atoms with van der Waals surface area (Å²) in [4.78, 5) is 19.4. The summed E-state index contributed by atoms with van der Waals surface area (Å²) >= 11 is 0. The van der Waals surface area contributed by atoms with Gasteiger partial charge in [0.05, 0.1) is 11.5 Å². The van der Waals surface area contributed by atoms with Crippen molar-refractivity contribution in [2.45, 2.75) is 13.3 Å². The minimum Gasteiger partial charge on any atom is -0.395 e. The maximum absolute atomic E-state index is 10.8. The zero-order valence-electron chi connectivity index (χ0n) is 9.54. The van der Waals surface area contributed by atoms with Gasteiger partial charge in [-0.05, 0) is 6.42 Å². The lowest BCUT2D eigenvalue weighted by molar-refractivity contribution is -0.384. The third kappa shape index (κ3) is 3.25. The summed E-state index contributed by atoms with van der Waals surface area (Å²) in [5, 5.41) is 19.8. The van der Waals surface area contributed by atoms with Crippen LogP contribution in [0.5, 0.6) is 0 Å². The molecule has 3 N–H and O–H groups in total. The second-order valence-electron chi connectivity index (χ2n) is 3.40. The van der Waals surface area contributed by atoms with E-state index in [1.165, 1.54) is 0 Å². The van der Waals surface area contributed by atoms with Crippen LogP contribution in [0.25, 0.3) is 0 Å². The van der Waals surface area contributed by atoms with E-state index in [-0.39, 0.29) is 30.6 Å². The maximum Gasteiger partial charge on any atom is 0.329 e. The number of aliphatic hydroxyl groups is 1. The van der Waals surface area contributed by atoms with Gasteiger partial charge >= 0.3 is 5.69 Å². The van der Waals surface area contributed by atoms with E-state index in [0.717, 1.165) is 12.6 Å². The molecule has 0 aliphatic heterocycles. The van der Waals surface area contributed by atoms with Crippen LogP contribution < -0.4 is 10.6 Å². The van der Waals surface area contributed by atoms with Crippen molar-refractivity contribution < 1.29 is 10.0 Å². The number of aliphatic hydroxyl groups excluding tert-OH is 1. The summed E-state index contributed by atoms with van der Waals surface area (Å²) in [5.74, 6) is 0.128. The van der Waals surface area contributed by atoms with E-state index in [1.54, 1.807) is 4.90 Å². The Kier molecular flexibility index (Phi) is 4.58. The molecule has 1 aromatic rings. The van der Waals surface area contributed by atoms with Crippen molar-refractivity contribution in [2.24, 2.45) is 0 Å². The van der Waals surface area contributed by atoms with Crippen LogP contribution in [0.1, 0.15) is 13.3 Å². The summed E-state index contributed by atoms with van der Waals surface area (Å²) in [6.07, 6.45) is 1.86. The Morgan fingerprint density at radius 3 is 2.82 bits per heavy atom. The summed E-state index contributed by atoms with van der Waals surface area (Å²) in [7, 11) is 0. The van der Waals surface area contributed by atoms with Gasteiger partial charge in [-0.3, -0.25) is 10.1 Å². The molecule has 0 spiro atoms. The highest BCUT2D eigenvalue weighted by molar-refractivity contribution is 5.58. The normalized spacial score (nSPS) is 10.2. The molecule has 0 bridgehead atoms. The molecule has 0 fully saturated rings. The predicted octanol–water partition coefficient (Wildman–Crippen LogP) is 0.176. The van der Waals surface area contributed by atoms with Crippen LogP contribution in [0.15, 0.2) is 6.20 Å². The second kappa shape index (κ2) is 5.94. The van der Waals surface area contributed by atoms with E-state index < -0.39 is 4.92 Å². The predicted molar refractivity (Wildman–Crippen MR) is 62.7 cm³/mol. The fraction of sp³-hybridized carbons (Fsp3) is 0.556. The van der Waals surface area contributed by atoms with Crippen LogP contribution in [0.4, 0.5) is 17.5 Å². The van der Waals surface area contributed by atoms with Crippen molar-refractivity contribution in [3.8, 4) is 0 Å². The first-order chi connectivity index (χ1) is 8.10. The van der Waals surface area contributed by atoms with Gasteiger partial charge in [-0.25, -0.2) is 4.98 Å². The fourth-order valence-electron chi connectivity index (χ4n) is 1.46. The summed E-state index contributed by atoms with van der Waals surface area (Å²) in [6.45, 7) is 2.64. The van der Waals surface area contributed by atoms with Crippen LogP contribution >= 0.6 is 0 Å². The minimum atomic E-state index is -0.561. The lowest BCUT2D eigenvalue weighted by Crippen LogP contribution is -2.29. The molecule has 0 atom stereocenters. The average molecular weight is 241 g/mol. The SMILES string of the molecule is CCCN(CCO)c1nc(N)ncc1[N+](=O)[O-]. The third-order valence-electron chi connectivity index (χ3n) is 2.13. The van der Waals surface area contributed by atoms with E-state index in [1.807, 2.05) is 6.92 Å². The molecule has 0 saturated carbocycles. The molecule has 8 heteroatoms. The Morgan fingerprint density at radius 2 is 2.29 bits per heavy atom. The molecular formula is C9H15N5O3. The van der Waals surface area contributed by atoms with Crippen molar-refractivity contribution in [3.05, 3.63) is 16.3 Å². The Hall–Kier alpha value is -1.96. The first kappa shape index (κ1) is 13.1. The number of nitrogen functional groups attached to an aromatic ring is 1. The van der Waals surface area contributed by atoms with E-state index in [4.69, 9.17) is 10.8 Å². The zero-order chi connectivity index (χ0) is 12.8. The van der Waals surface area contributed by atoms with Crippen LogP contribution in [-0.2, 0) is 0 Å². The van der Waals surface area contributed by atoms with Gasteiger partial charge in [0.1, 0.15) is 6.20 Å². The van der Waals surface area contributed by atoms with Crippen molar-refractivity contribution in [1.82, 2.24) is 9.97 Å². The molecule has 1 heterocycles. The largest absolute Gasteiger partial charge is 0.395 e. The number of anilines is 2. The first-order valence-electron chi connectivity index (χ1n) is 5.22. The Morgan fingerprint density at radius 1 is 1.59 bits per heavy atom. The van der Waals surface area contributed by atoms with Crippen molar-refractivity contribution in [1.29, 1.82) is 0 Å². The van der Waals surface area contributed by atoms with E-state index in [9.17, 15) is 10.1 Å². The van der Waals surface area contributed by atoms with Gasteiger partial charge in [-0.15, -0.1) is 0 Å². The maximum atomic E-state index is 10.8. The highest BCUT2D eigenvalue weighted by Gasteiger charge is 2.21. The molecule has 0 radical (unpaired) electrons. The number of aromatic nitrogens is 2. The number of nitrogens with zero attached hydrogens (tertiary/aromatic N) is 4. The monoisotopic (exact) mass is 241 g/mol. The number of rotatable bonds is 6. The average Bonchev–Trinajstić information content (AvgIpc) is 2.28. The Balaban J connectivity index is 3.14. The van der Waals surface area contributed by atoms with Crippen molar-refractivity contribution >= 4 is 17.5 Å². The topological polar surface area (TPSA) is 118 Å². The van der Waals surface area contributed by atoms with Gasteiger partial charge in [0.2, 0.25) is 11.8 Å². The molecular weight excluding hydrogens is 226 g/mol. The van der Waals surface area contributed by atoms with Gasteiger partial charge in [0, 0.05) is 13.1 Å². The van der Waals surface area contributed by atoms with Crippen molar-refractivity contribution in [2.75, 3.05) is 30.3 Å². The van der Waals surface area contributed by atoms with E-state index in [0.29, 0.717) is 6.54 Å². The molecule has 0 aromatic carbocycles. The van der Waals surface area contributed by atoms with Gasteiger partial charge in [0.25, 0.3) is 0 Å². The second-order valence-corrected chi connectivity index (χ2v) is 3.40. The Bertz CT molecular complexity index is 392. The standard InChI is InChI=1S/C9H15N5O3/c1-2-3-13(4-5-15)8-7(14(16)17)6-11-9(10)12-8/h6,15H,2-5H2,1H3,(H2,10,11,12). The highest BCUT2D eigenvalue weighted by atomic mass is 16.6. The van der Waals surface area contributed by atoms with Crippen LogP contribution in [-0.4, -0.2) is 39.7 Å². The molecule has 1 aromatic heterocycles. The van der Waals surface area contributed by atoms with E-state index in [2.05, 4.69) is 9.97 Å². The number of hydrogen-bond donors (Lipinski definition) is 2. The third-order valence-corrected chi connectivity index (χ3v) is 2.13. The summed E-state index contributed by atoms with van der Waals surface area (Å²) < 4.78 is 0. The first-order valence-corrected chi connectivity index (χ1v) is 5.22. The zero-order valence-corrected chi connectivity index (χ0v) is 9.54. The van der Waals surface area contributed by atoms with Gasteiger partial charge in [0.15, 0.2) is 0 Å². The smallest absolute Gasteiger partial charge is 0.329 e. The molecule has 8 nitrogen and oxygen atoms in total. The molecule has 94 valence electrons. The number of hydrogen-bond acceptors (Lipinski definition) is 7. The van der Waals surface area contributed by atoms with Crippen molar-refractivity contribution in [3.63, 3.8) is 0 Å². The van der Waals surface area contributed by atoms with Gasteiger partial charge < -0.3 is 15.7 Å². The molecule has 1 rings (SSSR count). The Labute approximate surface area is 98.2 Å². The minimum absolute atomic E-state index is 0.0235. The molecule has 0 saturated heterocycles. The quantitative estimate of drug-likeness (QED) is 0.538. The van der Waals surface area contributed by atoms with E-state index >= 15 is 0 Å². The fourth-order valence-corrected chi connectivity index (χ4v) is 1.46. The number of nitrogens with two attached hydrogens (primary N) is 1. The summed E-state index contributed by atoms with van der Waals surface area (Å²) in [5.41, 5.74) is 5.22. The summed E-state index contributed by atoms with van der Waals surface area (Å²) in [6, 6.07) is 0. The molecule has 0 aliphatic carbocycles. The molecule has 0 aliphatic rings. The lowest BCUT2D eigenvalue weighted by atomic mass is 10.3. The van der Waals surface area contributed by atoms with Gasteiger partial charge in [-0.2, -0.15) is 4.98 Å². The lowest BCUT2D eigenvalue weighted by Gasteiger charge is -2.21. The van der Waals surface area contributed by atoms with Crippen LogP contribution in [0.2, 0.25) is 0 Å². The number of nitro groups is 1. The van der Waals surface area contributed by atoms with Crippen LogP contribution in [0, 0.1) is 10.1 Å². The highest BCUT2D eigenvalue weighted by Crippen LogP contribution is 2.25. The van der Waals surface area contributed by atoms with Gasteiger partial charge in [-0.1, -0.05) is 6.92 Å². The molecule has 0 amide bonds. The molecule has 0 unspecified atom stereocenters. The van der Waals surface area contributed by atoms with Crippen LogP contribution in [0.3, 0.4) is 0 Å².